The van der Waals surface area contributed by atoms with Crippen LogP contribution in [0.1, 0.15) is 37.0 Å². The first-order valence-electron chi connectivity index (χ1n) is 6.91. The molecule has 1 amide bonds. The van der Waals surface area contributed by atoms with Crippen molar-refractivity contribution in [1.82, 2.24) is 5.32 Å². The number of carbonyl (C=O) groups is 1. The largest absolute Gasteiger partial charge is 0.396 e. The molecule has 0 aromatic heterocycles. The third kappa shape index (κ3) is 5.30. The second-order valence-electron chi connectivity index (χ2n) is 4.76. The smallest absolute Gasteiger partial charge is 0.253 e. The quantitative estimate of drug-likeness (QED) is 0.631. The Labute approximate surface area is 115 Å². The fourth-order valence-corrected chi connectivity index (χ4v) is 1.86. The number of carbonyl (C=O) groups excluding carboxylic acids is 1. The summed E-state index contributed by atoms with van der Waals surface area (Å²) >= 11 is 0. The number of anilines is 1. The zero-order valence-corrected chi connectivity index (χ0v) is 11.8. The van der Waals surface area contributed by atoms with Gasteiger partial charge in [0.2, 0.25) is 0 Å². The molecule has 1 aromatic rings. The first-order valence-corrected chi connectivity index (χ1v) is 6.91. The number of hydrogen-bond acceptors (Lipinski definition) is 3. The third-order valence-corrected chi connectivity index (χ3v) is 3.01. The first kappa shape index (κ1) is 15.5. The topological polar surface area (TPSA) is 61.4 Å². The van der Waals surface area contributed by atoms with E-state index in [1.54, 1.807) is 0 Å². The summed E-state index contributed by atoms with van der Waals surface area (Å²) in [6, 6.07) is 7.51. The lowest BCUT2D eigenvalue weighted by molar-refractivity contribution is 0.0953. The van der Waals surface area contributed by atoms with Crippen LogP contribution in [0.2, 0.25) is 0 Å². The summed E-state index contributed by atoms with van der Waals surface area (Å²) in [6.07, 6.45) is 1.81. The summed E-state index contributed by atoms with van der Waals surface area (Å²) in [7, 11) is 0. The monoisotopic (exact) mass is 264 g/mol. The van der Waals surface area contributed by atoms with Crippen molar-refractivity contribution < 1.29 is 9.90 Å². The van der Waals surface area contributed by atoms with Gasteiger partial charge in [-0.1, -0.05) is 19.1 Å². The van der Waals surface area contributed by atoms with Gasteiger partial charge in [-0.2, -0.15) is 0 Å². The van der Waals surface area contributed by atoms with Gasteiger partial charge >= 0.3 is 0 Å². The lowest BCUT2D eigenvalue weighted by Crippen LogP contribution is -2.25. The molecule has 0 saturated heterocycles. The minimum Gasteiger partial charge on any atom is -0.396 e. The van der Waals surface area contributed by atoms with E-state index in [1.807, 2.05) is 38.1 Å². The van der Waals surface area contributed by atoms with E-state index in [0.29, 0.717) is 18.0 Å². The molecule has 0 aliphatic carbocycles. The van der Waals surface area contributed by atoms with E-state index in [9.17, 15) is 4.79 Å². The molecule has 0 saturated carbocycles. The van der Waals surface area contributed by atoms with Gasteiger partial charge in [0.15, 0.2) is 0 Å². The lowest BCUT2D eigenvalue weighted by atomic mass is 10.1. The highest BCUT2D eigenvalue weighted by atomic mass is 16.3. The summed E-state index contributed by atoms with van der Waals surface area (Å²) in [5, 5.41) is 15.0. The van der Waals surface area contributed by atoms with Crippen molar-refractivity contribution in [3.8, 4) is 0 Å². The van der Waals surface area contributed by atoms with Gasteiger partial charge < -0.3 is 15.7 Å². The van der Waals surface area contributed by atoms with E-state index in [0.717, 1.165) is 25.1 Å². The molecule has 19 heavy (non-hydrogen) atoms. The van der Waals surface area contributed by atoms with Crippen LogP contribution in [0, 0.1) is 5.92 Å². The van der Waals surface area contributed by atoms with Crippen LogP contribution in [0.5, 0.6) is 0 Å². The van der Waals surface area contributed by atoms with E-state index < -0.39 is 0 Å². The Morgan fingerprint density at radius 1 is 1.37 bits per heavy atom. The maximum absolute atomic E-state index is 12.1. The van der Waals surface area contributed by atoms with Gasteiger partial charge in [-0.15, -0.1) is 0 Å². The van der Waals surface area contributed by atoms with Crippen LogP contribution in [0.25, 0.3) is 0 Å². The van der Waals surface area contributed by atoms with Crippen molar-refractivity contribution in [1.29, 1.82) is 0 Å². The van der Waals surface area contributed by atoms with Crippen molar-refractivity contribution in [3.05, 3.63) is 29.8 Å². The van der Waals surface area contributed by atoms with Crippen LogP contribution in [0.15, 0.2) is 24.3 Å². The minimum absolute atomic E-state index is 0.0480. The van der Waals surface area contributed by atoms with Crippen molar-refractivity contribution in [2.24, 2.45) is 5.92 Å². The van der Waals surface area contributed by atoms with Gasteiger partial charge in [0, 0.05) is 25.4 Å². The Kier molecular flexibility index (Phi) is 6.97. The zero-order chi connectivity index (χ0) is 14.1. The molecular formula is C15H24N2O2. The summed E-state index contributed by atoms with van der Waals surface area (Å²) < 4.78 is 0. The maximum atomic E-state index is 12.1. The van der Waals surface area contributed by atoms with E-state index >= 15 is 0 Å². The van der Waals surface area contributed by atoms with Gasteiger partial charge in [-0.25, -0.2) is 0 Å². The Bertz CT molecular complexity index is 393. The molecule has 0 spiro atoms. The Hall–Kier alpha value is -1.55. The molecule has 1 rings (SSSR count). The number of rotatable bonds is 8. The van der Waals surface area contributed by atoms with Gasteiger partial charge in [0.05, 0.1) is 5.56 Å². The highest BCUT2D eigenvalue weighted by Gasteiger charge is 2.09. The number of nitrogens with one attached hydrogen (secondary N) is 2. The van der Waals surface area contributed by atoms with Crippen LogP contribution in [-0.2, 0) is 0 Å². The molecule has 0 fully saturated rings. The molecule has 0 aliphatic rings. The number of aliphatic hydroxyl groups excluding tert-OH is 1. The number of hydrogen-bond donors (Lipinski definition) is 3. The van der Waals surface area contributed by atoms with Gasteiger partial charge in [0.1, 0.15) is 0 Å². The SMILES string of the molecule is CCNc1ccccc1C(=O)NCCCC(C)CO. The average molecular weight is 264 g/mol. The predicted molar refractivity (Wildman–Crippen MR) is 78.4 cm³/mol. The van der Waals surface area contributed by atoms with Crippen molar-refractivity contribution in [3.63, 3.8) is 0 Å². The van der Waals surface area contributed by atoms with Crippen molar-refractivity contribution in [2.75, 3.05) is 25.0 Å². The van der Waals surface area contributed by atoms with Crippen LogP contribution in [0.3, 0.4) is 0 Å². The van der Waals surface area contributed by atoms with E-state index in [-0.39, 0.29) is 12.5 Å². The fourth-order valence-electron chi connectivity index (χ4n) is 1.86. The van der Waals surface area contributed by atoms with Gasteiger partial charge in [-0.3, -0.25) is 4.79 Å². The summed E-state index contributed by atoms with van der Waals surface area (Å²) in [4.78, 5) is 12.1. The van der Waals surface area contributed by atoms with Crippen molar-refractivity contribution in [2.45, 2.75) is 26.7 Å². The summed E-state index contributed by atoms with van der Waals surface area (Å²) in [5.74, 6) is 0.249. The standard InChI is InChI=1S/C15H24N2O2/c1-3-16-14-9-5-4-8-13(14)15(19)17-10-6-7-12(2)11-18/h4-5,8-9,12,16,18H,3,6-7,10-11H2,1-2H3,(H,17,19). The molecule has 1 unspecified atom stereocenters. The molecule has 0 radical (unpaired) electrons. The first-order chi connectivity index (χ1) is 9.19. The second kappa shape index (κ2) is 8.53. The molecule has 106 valence electrons. The zero-order valence-electron chi connectivity index (χ0n) is 11.8. The summed E-state index contributed by atoms with van der Waals surface area (Å²) in [5.41, 5.74) is 1.55. The number of aliphatic hydroxyl groups is 1. The minimum atomic E-state index is -0.0480. The maximum Gasteiger partial charge on any atom is 0.253 e. The average Bonchev–Trinajstić information content (AvgIpc) is 2.44. The van der Waals surface area contributed by atoms with E-state index in [1.165, 1.54) is 0 Å². The molecule has 0 bridgehead atoms. The summed E-state index contributed by atoms with van der Waals surface area (Å²) in [6.45, 7) is 5.65. The Morgan fingerprint density at radius 3 is 2.79 bits per heavy atom. The molecule has 3 N–H and O–H groups in total. The molecule has 1 aromatic carbocycles. The van der Waals surface area contributed by atoms with Crippen molar-refractivity contribution >= 4 is 11.6 Å². The van der Waals surface area contributed by atoms with Gasteiger partial charge in [0.25, 0.3) is 5.91 Å². The molecule has 4 heteroatoms. The number of benzene rings is 1. The van der Waals surface area contributed by atoms with Crippen LogP contribution in [0.4, 0.5) is 5.69 Å². The predicted octanol–water partition coefficient (Wildman–Crippen LogP) is 2.26. The van der Waals surface area contributed by atoms with Crippen LogP contribution >= 0.6 is 0 Å². The van der Waals surface area contributed by atoms with Gasteiger partial charge in [-0.05, 0) is 37.8 Å². The highest BCUT2D eigenvalue weighted by Crippen LogP contribution is 2.14. The Morgan fingerprint density at radius 2 is 2.11 bits per heavy atom. The second-order valence-corrected chi connectivity index (χ2v) is 4.76. The third-order valence-electron chi connectivity index (χ3n) is 3.01. The molecule has 0 aliphatic heterocycles. The molecule has 0 heterocycles. The van der Waals surface area contributed by atoms with Crippen LogP contribution < -0.4 is 10.6 Å². The molecule has 1 atom stereocenters. The lowest BCUT2D eigenvalue weighted by Gasteiger charge is -2.11. The van der Waals surface area contributed by atoms with E-state index in [4.69, 9.17) is 5.11 Å². The number of amides is 1. The molecule has 4 nitrogen and oxygen atoms in total. The fraction of sp³-hybridized carbons (Fsp3) is 0.533. The number of para-hydroxylation sites is 1. The van der Waals surface area contributed by atoms with Crippen LogP contribution in [-0.4, -0.2) is 30.7 Å². The Balaban J connectivity index is 2.45. The molecular weight excluding hydrogens is 240 g/mol. The normalized spacial score (nSPS) is 11.9. The van der Waals surface area contributed by atoms with E-state index in [2.05, 4.69) is 10.6 Å². The highest BCUT2D eigenvalue weighted by molar-refractivity contribution is 5.99.